The van der Waals surface area contributed by atoms with Crippen molar-refractivity contribution in [3.63, 3.8) is 0 Å². The molecule has 1 aliphatic rings. The van der Waals surface area contributed by atoms with Crippen LogP contribution in [0.5, 0.6) is 0 Å². The SMILES string of the molecule is Cc1ccc(C2(C(C#N)C(C)C)COC2)c(C)c1. The van der Waals surface area contributed by atoms with Gasteiger partial charge in [0.25, 0.3) is 0 Å². The molecule has 1 aromatic rings. The molecule has 0 amide bonds. The molecular weight excluding hydrogens is 222 g/mol. The van der Waals surface area contributed by atoms with Crippen molar-refractivity contribution < 1.29 is 4.74 Å². The Morgan fingerprint density at radius 1 is 1.28 bits per heavy atom. The predicted molar refractivity (Wildman–Crippen MR) is 72.4 cm³/mol. The quantitative estimate of drug-likeness (QED) is 0.815. The lowest BCUT2D eigenvalue weighted by atomic mass is 9.64. The van der Waals surface area contributed by atoms with Crippen molar-refractivity contribution in [2.75, 3.05) is 13.2 Å². The largest absolute Gasteiger partial charge is 0.379 e. The fraction of sp³-hybridized carbons (Fsp3) is 0.562. The van der Waals surface area contributed by atoms with Crippen molar-refractivity contribution in [1.29, 1.82) is 5.26 Å². The molecule has 0 N–H and O–H groups in total. The number of aryl methyl sites for hydroxylation is 2. The molecule has 0 radical (unpaired) electrons. The van der Waals surface area contributed by atoms with Crippen molar-refractivity contribution >= 4 is 0 Å². The number of ether oxygens (including phenoxy) is 1. The lowest BCUT2D eigenvalue weighted by molar-refractivity contribution is -0.0879. The van der Waals surface area contributed by atoms with Gasteiger partial charge in [-0.15, -0.1) is 0 Å². The minimum absolute atomic E-state index is 0.0210. The van der Waals surface area contributed by atoms with Crippen LogP contribution >= 0.6 is 0 Å². The van der Waals surface area contributed by atoms with Crippen LogP contribution in [0.1, 0.15) is 30.5 Å². The fourth-order valence-electron chi connectivity index (χ4n) is 3.11. The first-order valence-electron chi connectivity index (χ1n) is 6.56. The number of hydrogen-bond acceptors (Lipinski definition) is 2. The zero-order valence-corrected chi connectivity index (χ0v) is 11.7. The molecule has 2 rings (SSSR count). The fourth-order valence-corrected chi connectivity index (χ4v) is 3.11. The van der Waals surface area contributed by atoms with Gasteiger partial charge in [0.15, 0.2) is 0 Å². The van der Waals surface area contributed by atoms with Gasteiger partial charge in [0.1, 0.15) is 0 Å². The zero-order valence-electron chi connectivity index (χ0n) is 11.7. The standard InChI is InChI=1S/C16H21NO/c1-11(2)15(8-17)16(9-18-10-16)14-6-5-12(3)7-13(14)4/h5-7,11,15H,9-10H2,1-4H3. The van der Waals surface area contributed by atoms with Gasteiger partial charge < -0.3 is 4.74 Å². The van der Waals surface area contributed by atoms with E-state index >= 15 is 0 Å². The van der Waals surface area contributed by atoms with E-state index in [1.54, 1.807) is 0 Å². The van der Waals surface area contributed by atoms with Gasteiger partial charge in [-0.1, -0.05) is 37.6 Å². The van der Waals surface area contributed by atoms with Crippen molar-refractivity contribution in [2.45, 2.75) is 33.1 Å². The number of rotatable bonds is 3. The van der Waals surface area contributed by atoms with Crippen LogP contribution in [0.2, 0.25) is 0 Å². The molecule has 0 saturated carbocycles. The molecule has 0 aromatic heterocycles. The smallest absolute Gasteiger partial charge is 0.0669 e. The van der Waals surface area contributed by atoms with Crippen molar-refractivity contribution in [1.82, 2.24) is 0 Å². The van der Waals surface area contributed by atoms with E-state index in [1.807, 2.05) is 0 Å². The summed E-state index contributed by atoms with van der Waals surface area (Å²) in [4.78, 5) is 0. The highest BCUT2D eigenvalue weighted by Crippen LogP contribution is 2.43. The van der Waals surface area contributed by atoms with Gasteiger partial charge in [-0.25, -0.2) is 0 Å². The van der Waals surface area contributed by atoms with E-state index in [2.05, 4.69) is 52.0 Å². The molecule has 0 spiro atoms. The second-order valence-electron chi connectivity index (χ2n) is 5.82. The predicted octanol–water partition coefficient (Wildman–Crippen LogP) is 3.37. The Balaban J connectivity index is 2.47. The van der Waals surface area contributed by atoms with E-state index in [0.29, 0.717) is 19.1 Å². The summed E-state index contributed by atoms with van der Waals surface area (Å²) in [6.45, 7) is 9.83. The van der Waals surface area contributed by atoms with E-state index in [1.165, 1.54) is 16.7 Å². The van der Waals surface area contributed by atoms with Crippen molar-refractivity contribution in [3.8, 4) is 6.07 Å². The molecule has 1 saturated heterocycles. The first kappa shape index (κ1) is 13.1. The normalized spacial score (nSPS) is 19.1. The maximum atomic E-state index is 9.50. The summed E-state index contributed by atoms with van der Waals surface area (Å²) in [5.74, 6) is 0.368. The Kier molecular flexibility index (Phi) is 3.45. The molecule has 1 unspecified atom stereocenters. The zero-order chi connectivity index (χ0) is 13.3. The first-order chi connectivity index (χ1) is 8.51. The Hall–Kier alpha value is -1.33. The monoisotopic (exact) mass is 243 g/mol. The van der Waals surface area contributed by atoms with E-state index in [-0.39, 0.29) is 11.3 Å². The molecule has 1 atom stereocenters. The van der Waals surface area contributed by atoms with Gasteiger partial charge in [-0.05, 0) is 30.9 Å². The summed E-state index contributed by atoms with van der Waals surface area (Å²) in [6, 6.07) is 9.02. The minimum atomic E-state index is -0.0965. The van der Waals surface area contributed by atoms with Crippen LogP contribution in [0.3, 0.4) is 0 Å². The Bertz CT molecular complexity index is 480. The summed E-state index contributed by atoms with van der Waals surface area (Å²) >= 11 is 0. The van der Waals surface area contributed by atoms with Crippen LogP contribution in [0.15, 0.2) is 18.2 Å². The van der Waals surface area contributed by atoms with Gasteiger partial charge in [-0.3, -0.25) is 0 Å². The molecule has 2 heteroatoms. The number of nitrogens with zero attached hydrogens (tertiary/aromatic N) is 1. The molecule has 2 nitrogen and oxygen atoms in total. The second-order valence-corrected chi connectivity index (χ2v) is 5.82. The highest BCUT2D eigenvalue weighted by Gasteiger charge is 2.49. The Labute approximate surface area is 110 Å². The van der Waals surface area contributed by atoms with Crippen LogP contribution in [-0.2, 0) is 10.2 Å². The van der Waals surface area contributed by atoms with Crippen molar-refractivity contribution in [2.24, 2.45) is 11.8 Å². The molecule has 18 heavy (non-hydrogen) atoms. The summed E-state index contributed by atoms with van der Waals surface area (Å²) in [5, 5.41) is 9.50. The van der Waals surface area contributed by atoms with Gasteiger partial charge >= 0.3 is 0 Å². The van der Waals surface area contributed by atoms with E-state index in [4.69, 9.17) is 4.74 Å². The average Bonchev–Trinajstić information content (AvgIpc) is 2.23. The number of hydrogen-bond donors (Lipinski definition) is 0. The second kappa shape index (κ2) is 4.74. The maximum absolute atomic E-state index is 9.50. The third kappa shape index (κ3) is 1.93. The molecule has 1 fully saturated rings. The molecule has 1 aliphatic heterocycles. The van der Waals surface area contributed by atoms with Crippen LogP contribution in [-0.4, -0.2) is 13.2 Å². The molecule has 1 aromatic carbocycles. The summed E-state index contributed by atoms with van der Waals surface area (Å²) in [6.07, 6.45) is 0. The Morgan fingerprint density at radius 3 is 2.33 bits per heavy atom. The molecular formula is C16H21NO. The van der Waals surface area contributed by atoms with Gasteiger partial charge in [-0.2, -0.15) is 5.26 Å². The lowest BCUT2D eigenvalue weighted by Crippen LogP contribution is -2.54. The third-order valence-electron chi connectivity index (χ3n) is 4.04. The molecule has 0 aliphatic carbocycles. The third-order valence-corrected chi connectivity index (χ3v) is 4.04. The van der Waals surface area contributed by atoms with Gasteiger partial charge in [0.05, 0.1) is 30.6 Å². The topological polar surface area (TPSA) is 33.0 Å². The van der Waals surface area contributed by atoms with Crippen LogP contribution in [0, 0.1) is 37.0 Å². The number of nitriles is 1. The van der Waals surface area contributed by atoms with Gasteiger partial charge in [0.2, 0.25) is 0 Å². The molecule has 0 bridgehead atoms. The summed E-state index contributed by atoms with van der Waals surface area (Å²) < 4.78 is 5.46. The van der Waals surface area contributed by atoms with Crippen molar-refractivity contribution in [3.05, 3.63) is 34.9 Å². The van der Waals surface area contributed by atoms with E-state index in [0.717, 1.165) is 0 Å². The van der Waals surface area contributed by atoms with E-state index in [9.17, 15) is 5.26 Å². The first-order valence-corrected chi connectivity index (χ1v) is 6.56. The summed E-state index contributed by atoms with van der Waals surface area (Å²) in [5.41, 5.74) is 3.74. The maximum Gasteiger partial charge on any atom is 0.0669 e. The average molecular weight is 243 g/mol. The van der Waals surface area contributed by atoms with Crippen LogP contribution in [0.25, 0.3) is 0 Å². The molecule has 96 valence electrons. The number of benzene rings is 1. The summed E-state index contributed by atoms with van der Waals surface area (Å²) in [7, 11) is 0. The Morgan fingerprint density at radius 2 is 1.94 bits per heavy atom. The van der Waals surface area contributed by atoms with Crippen LogP contribution < -0.4 is 0 Å². The lowest BCUT2D eigenvalue weighted by Gasteiger charge is -2.47. The highest BCUT2D eigenvalue weighted by atomic mass is 16.5. The van der Waals surface area contributed by atoms with Crippen LogP contribution in [0.4, 0.5) is 0 Å². The minimum Gasteiger partial charge on any atom is -0.379 e. The molecule has 1 heterocycles. The van der Waals surface area contributed by atoms with Gasteiger partial charge in [0, 0.05) is 0 Å². The van der Waals surface area contributed by atoms with E-state index < -0.39 is 0 Å². The highest BCUT2D eigenvalue weighted by molar-refractivity contribution is 5.40.